The summed E-state index contributed by atoms with van der Waals surface area (Å²) in [6, 6.07) is 4.15. The lowest BCUT2D eigenvalue weighted by atomic mass is 9.82. The lowest BCUT2D eigenvalue weighted by Gasteiger charge is -2.45. The third-order valence-corrected chi connectivity index (χ3v) is 9.58. The highest BCUT2D eigenvalue weighted by Crippen LogP contribution is 2.44. The van der Waals surface area contributed by atoms with Crippen LogP contribution in [-0.4, -0.2) is 78.4 Å². The zero-order chi connectivity index (χ0) is 28.4. The number of likely N-dealkylation sites (N-methyl/N-ethyl adjacent to an activating group) is 1. The third-order valence-electron chi connectivity index (χ3n) is 9.58. The first-order valence-electron chi connectivity index (χ1n) is 15.0. The zero-order valence-electron chi connectivity index (χ0n) is 24.5. The summed E-state index contributed by atoms with van der Waals surface area (Å²) >= 11 is 0. The van der Waals surface area contributed by atoms with Crippen molar-refractivity contribution in [1.82, 2.24) is 25.8 Å². The number of hydrogen-bond acceptors (Lipinski definition) is 5. The fraction of sp³-hybridized carbons (Fsp3) is 0.700. The minimum atomic E-state index is -2.93. The molecule has 236 valence electrons. The van der Waals surface area contributed by atoms with Gasteiger partial charge in [0.05, 0.1) is 12.1 Å². The minimum absolute atomic E-state index is 0. The summed E-state index contributed by atoms with van der Waals surface area (Å²) in [5, 5.41) is 9.03. The van der Waals surface area contributed by atoms with E-state index in [1.807, 2.05) is 0 Å². The standard InChI is InChI=1S/C30H43F2N5O3.2ClH/c1-19(33-2)27(38)35-26(20-9-4-3-5-10-20)29(40)37-17-21-11-8-16-36(21)18-25(37)28(39)34-24-14-15-30(31,32)23-13-7-6-12-22(23)24;;/h6-7,12-13,19-21,24-26,33H,3-5,8-11,14-18H2,1-2H3,(H,34,39)(H,35,38);2*1H/t19-,21+,24+,25-,26-;;/m0../s1. The summed E-state index contributed by atoms with van der Waals surface area (Å²) in [5.74, 6) is -3.66. The van der Waals surface area contributed by atoms with Gasteiger partial charge in [-0.05, 0) is 64.1 Å². The van der Waals surface area contributed by atoms with E-state index in [1.165, 1.54) is 6.07 Å². The van der Waals surface area contributed by atoms with Crippen molar-refractivity contribution >= 4 is 42.5 Å². The highest BCUT2D eigenvalue weighted by molar-refractivity contribution is 5.93. The molecule has 0 aromatic heterocycles. The Hall–Kier alpha value is -2.01. The number of fused-ring (bicyclic) bond motifs is 2. The maximum Gasteiger partial charge on any atom is 0.273 e. The molecule has 2 heterocycles. The van der Waals surface area contributed by atoms with E-state index in [1.54, 1.807) is 37.1 Å². The summed E-state index contributed by atoms with van der Waals surface area (Å²) in [4.78, 5) is 45.1. The number of halogens is 4. The monoisotopic (exact) mass is 631 g/mol. The average Bonchev–Trinajstić information content (AvgIpc) is 3.44. The Morgan fingerprint density at radius 3 is 2.40 bits per heavy atom. The summed E-state index contributed by atoms with van der Waals surface area (Å²) in [7, 11) is 1.71. The number of amides is 3. The first-order chi connectivity index (χ1) is 19.2. The lowest BCUT2D eigenvalue weighted by molar-refractivity contribution is -0.149. The van der Waals surface area contributed by atoms with E-state index in [9.17, 15) is 23.2 Å². The summed E-state index contributed by atoms with van der Waals surface area (Å²) < 4.78 is 29.2. The van der Waals surface area contributed by atoms with E-state index in [0.717, 1.165) is 51.5 Å². The first kappa shape index (κ1) is 34.5. The summed E-state index contributed by atoms with van der Waals surface area (Å²) in [5.41, 5.74) is 0.398. The number of alkyl halides is 2. The molecule has 3 N–H and O–H groups in total. The zero-order valence-corrected chi connectivity index (χ0v) is 26.1. The number of benzene rings is 1. The highest BCUT2D eigenvalue weighted by atomic mass is 35.5. The van der Waals surface area contributed by atoms with E-state index in [-0.39, 0.29) is 72.9 Å². The minimum Gasteiger partial charge on any atom is -0.347 e. The molecule has 2 aliphatic carbocycles. The van der Waals surface area contributed by atoms with Crippen molar-refractivity contribution in [3.63, 3.8) is 0 Å². The number of hydrogen-bond donors (Lipinski definition) is 3. The van der Waals surface area contributed by atoms with Crippen LogP contribution in [0.15, 0.2) is 24.3 Å². The molecule has 2 saturated heterocycles. The second-order valence-electron chi connectivity index (χ2n) is 12.1. The second-order valence-corrected chi connectivity index (χ2v) is 12.1. The Morgan fingerprint density at radius 2 is 1.69 bits per heavy atom. The molecule has 1 aromatic rings. The van der Waals surface area contributed by atoms with Gasteiger partial charge in [-0.1, -0.05) is 43.5 Å². The van der Waals surface area contributed by atoms with Crippen molar-refractivity contribution in [2.75, 3.05) is 26.7 Å². The fourth-order valence-electron chi connectivity index (χ4n) is 7.09. The molecule has 3 fully saturated rings. The topological polar surface area (TPSA) is 93.8 Å². The number of carbonyl (C=O) groups is 3. The van der Waals surface area contributed by atoms with Gasteiger partial charge in [0.25, 0.3) is 5.92 Å². The van der Waals surface area contributed by atoms with Gasteiger partial charge in [0.1, 0.15) is 12.1 Å². The smallest absolute Gasteiger partial charge is 0.273 e. The van der Waals surface area contributed by atoms with E-state index in [4.69, 9.17) is 0 Å². The van der Waals surface area contributed by atoms with Crippen LogP contribution in [0.1, 0.15) is 81.9 Å². The predicted octanol–water partition coefficient (Wildman–Crippen LogP) is 3.92. The van der Waals surface area contributed by atoms with Crippen molar-refractivity contribution in [3.05, 3.63) is 35.4 Å². The Bertz CT molecular complexity index is 1110. The van der Waals surface area contributed by atoms with Crippen LogP contribution in [0.2, 0.25) is 0 Å². The first-order valence-corrected chi connectivity index (χ1v) is 15.0. The molecule has 12 heteroatoms. The van der Waals surface area contributed by atoms with Crippen LogP contribution in [0.25, 0.3) is 0 Å². The number of carbonyl (C=O) groups excluding carboxylic acids is 3. The quantitative estimate of drug-likeness (QED) is 0.424. The lowest BCUT2D eigenvalue weighted by Crippen LogP contribution is -2.66. The van der Waals surface area contributed by atoms with Gasteiger partial charge >= 0.3 is 0 Å². The van der Waals surface area contributed by atoms with Gasteiger partial charge < -0.3 is 20.9 Å². The molecule has 0 bridgehead atoms. The van der Waals surface area contributed by atoms with Crippen LogP contribution >= 0.6 is 24.8 Å². The van der Waals surface area contributed by atoms with Crippen LogP contribution in [-0.2, 0) is 20.3 Å². The summed E-state index contributed by atoms with van der Waals surface area (Å²) in [6.07, 6.45) is 6.62. The van der Waals surface area contributed by atoms with Crippen molar-refractivity contribution in [3.8, 4) is 0 Å². The number of nitrogens with zero attached hydrogens (tertiary/aromatic N) is 2. The fourth-order valence-corrected chi connectivity index (χ4v) is 7.09. The molecule has 5 rings (SSSR count). The van der Waals surface area contributed by atoms with Crippen LogP contribution in [0.5, 0.6) is 0 Å². The average molecular weight is 633 g/mol. The second kappa shape index (κ2) is 14.6. The van der Waals surface area contributed by atoms with Crippen LogP contribution in [0.3, 0.4) is 0 Å². The molecule has 5 atom stereocenters. The van der Waals surface area contributed by atoms with Crippen molar-refractivity contribution in [2.24, 2.45) is 5.92 Å². The van der Waals surface area contributed by atoms with E-state index in [2.05, 4.69) is 20.9 Å². The Morgan fingerprint density at radius 1 is 0.976 bits per heavy atom. The normalized spacial score (nSPS) is 26.9. The van der Waals surface area contributed by atoms with E-state index in [0.29, 0.717) is 18.7 Å². The van der Waals surface area contributed by atoms with Crippen LogP contribution in [0.4, 0.5) is 8.78 Å². The van der Waals surface area contributed by atoms with Gasteiger partial charge in [-0.2, -0.15) is 0 Å². The molecule has 1 saturated carbocycles. The number of piperazine rings is 1. The van der Waals surface area contributed by atoms with Crippen molar-refractivity contribution < 1.29 is 23.2 Å². The third kappa shape index (κ3) is 7.20. The van der Waals surface area contributed by atoms with Gasteiger partial charge in [0, 0.05) is 31.1 Å². The van der Waals surface area contributed by atoms with Crippen LogP contribution < -0.4 is 16.0 Å². The molecule has 42 heavy (non-hydrogen) atoms. The van der Waals surface area contributed by atoms with Gasteiger partial charge in [0.15, 0.2) is 0 Å². The molecule has 4 aliphatic rings. The molecule has 1 aromatic carbocycles. The molecule has 8 nitrogen and oxygen atoms in total. The maximum atomic E-state index is 14.6. The predicted molar refractivity (Wildman–Crippen MR) is 162 cm³/mol. The molecule has 0 unspecified atom stereocenters. The van der Waals surface area contributed by atoms with Gasteiger partial charge in [-0.3, -0.25) is 19.3 Å². The van der Waals surface area contributed by atoms with Crippen molar-refractivity contribution in [2.45, 2.75) is 101 Å². The Kier molecular flexibility index (Phi) is 12.0. The van der Waals surface area contributed by atoms with Crippen molar-refractivity contribution in [1.29, 1.82) is 0 Å². The molecule has 2 aliphatic heterocycles. The maximum absolute atomic E-state index is 14.6. The van der Waals surface area contributed by atoms with Crippen LogP contribution in [0, 0.1) is 5.92 Å². The largest absolute Gasteiger partial charge is 0.347 e. The number of nitrogens with one attached hydrogen (secondary N) is 3. The Balaban J connectivity index is 0.00000242. The molecule has 0 spiro atoms. The van der Waals surface area contributed by atoms with E-state index < -0.39 is 30.1 Å². The van der Waals surface area contributed by atoms with Gasteiger partial charge in [-0.25, -0.2) is 8.78 Å². The number of rotatable bonds is 7. The molecule has 3 amide bonds. The SMILES string of the molecule is CN[C@@H](C)C(=O)N[C@H](C(=O)N1C[C@H]2CCCN2C[C@H]1C(=O)N[C@@H]1CCC(F)(F)c2ccccc21)C1CCCCC1.Cl.Cl. The van der Waals surface area contributed by atoms with Gasteiger partial charge in [-0.15, -0.1) is 24.8 Å². The highest BCUT2D eigenvalue weighted by Gasteiger charge is 2.47. The van der Waals surface area contributed by atoms with Gasteiger partial charge in [0.2, 0.25) is 17.7 Å². The van der Waals surface area contributed by atoms with E-state index >= 15 is 0 Å². The molecular formula is C30H45Cl2F2N5O3. The Labute approximate surface area is 259 Å². The molecular weight excluding hydrogens is 587 g/mol. The summed E-state index contributed by atoms with van der Waals surface area (Å²) in [6.45, 7) is 3.47. The molecule has 0 radical (unpaired) electrons.